The van der Waals surface area contributed by atoms with Crippen LogP contribution in [0.2, 0.25) is 0 Å². The molecule has 0 aromatic carbocycles. The third-order valence-electron chi connectivity index (χ3n) is 3.25. The van der Waals surface area contributed by atoms with Crippen molar-refractivity contribution in [2.45, 2.75) is 25.4 Å². The lowest BCUT2D eigenvalue weighted by atomic mass is 10.0. The van der Waals surface area contributed by atoms with E-state index in [1.54, 1.807) is 0 Å². The lowest BCUT2D eigenvalue weighted by Crippen LogP contribution is -2.43. The van der Waals surface area contributed by atoms with Crippen LogP contribution < -0.4 is 5.32 Å². The average Bonchev–Trinajstić information content (AvgIpc) is 2.62. The molecule has 2 aliphatic heterocycles. The molecular weight excluding hydrogens is 164 g/mol. The van der Waals surface area contributed by atoms with Crippen molar-refractivity contribution in [3.05, 3.63) is 0 Å². The van der Waals surface area contributed by atoms with E-state index in [4.69, 9.17) is 0 Å². The molecule has 2 N–H and O–H groups in total. The molecule has 2 rings (SSSR count). The molecule has 2 aliphatic rings. The first-order chi connectivity index (χ1) is 6.18. The number of hydrogen-bond acceptors (Lipinski definition) is 3. The molecule has 0 aliphatic carbocycles. The second kappa shape index (κ2) is 3.56. The van der Waals surface area contributed by atoms with E-state index in [1.165, 1.54) is 19.5 Å². The summed E-state index contributed by atoms with van der Waals surface area (Å²) in [6.07, 6.45) is 2.21. The maximum absolute atomic E-state index is 10.1. The highest BCUT2D eigenvalue weighted by Gasteiger charge is 2.34. The number of hydrogen-bond donors (Lipinski definition) is 2. The fourth-order valence-corrected chi connectivity index (χ4v) is 2.45. The number of likely N-dealkylation sites (tertiary alicyclic amines) is 1. The highest BCUT2D eigenvalue weighted by atomic mass is 16.3. The molecule has 0 spiro atoms. The van der Waals surface area contributed by atoms with Crippen LogP contribution in [-0.4, -0.2) is 48.3 Å². The molecule has 2 saturated heterocycles. The van der Waals surface area contributed by atoms with E-state index in [2.05, 4.69) is 17.1 Å². The molecule has 3 heteroatoms. The Bertz CT molecular complexity index is 178. The van der Waals surface area contributed by atoms with Crippen LogP contribution in [0.5, 0.6) is 0 Å². The number of aliphatic hydroxyl groups is 1. The zero-order valence-corrected chi connectivity index (χ0v) is 8.42. The molecule has 2 unspecified atom stereocenters. The summed E-state index contributed by atoms with van der Waals surface area (Å²) in [5, 5.41) is 13.4. The topological polar surface area (TPSA) is 35.5 Å². The zero-order chi connectivity index (χ0) is 9.31. The van der Waals surface area contributed by atoms with Crippen LogP contribution in [0, 0.1) is 5.92 Å². The minimum atomic E-state index is -0.440. The van der Waals surface area contributed by atoms with E-state index in [1.807, 2.05) is 0 Å². The molecule has 2 atom stereocenters. The summed E-state index contributed by atoms with van der Waals surface area (Å²) in [4.78, 5) is 2.40. The van der Waals surface area contributed by atoms with Gasteiger partial charge in [0.2, 0.25) is 0 Å². The van der Waals surface area contributed by atoms with Crippen LogP contribution in [0.25, 0.3) is 0 Å². The van der Waals surface area contributed by atoms with Crippen molar-refractivity contribution in [1.29, 1.82) is 0 Å². The van der Waals surface area contributed by atoms with Gasteiger partial charge in [0, 0.05) is 19.6 Å². The van der Waals surface area contributed by atoms with Gasteiger partial charge >= 0.3 is 0 Å². The number of nitrogens with zero attached hydrogens (tertiary/aromatic N) is 1. The van der Waals surface area contributed by atoms with E-state index < -0.39 is 5.60 Å². The lowest BCUT2D eigenvalue weighted by Gasteiger charge is -2.27. The molecule has 0 aromatic heterocycles. The van der Waals surface area contributed by atoms with Gasteiger partial charge in [0.05, 0.1) is 5.60 Å². The van der Waals surface area contributed by atoms with Crippen LogP contribution in [-0.2, 0) is 0 Å². The Labute approximate surface area is 80.1 Å². The van der Waals surface area contributed by atoms with Gasteiger partial charge in [0.25, 0.3) is 0 Å². The Hall–Kier alpha value is -0.120. The van der Waals surface area contributed by atoms with Gasteiger partial charge in [-0.25, -0.2) is 0 Å². The third-order valence-corrected chi connectivity index (χ3v) is 3.25. The summed E-state index contributed by atoms with van der Waals surface area (Å²) >= 11 is 0. The van der Waals surface area contributed by atoms with Gasteiger partial charge in [-0.1, -0.05) is 6.92 Å². The van der Waals surface area contributed by atoms with Crippen LogP contribution in [0.3, 0.4) is 0 Å². The normalized spacial score (nSPS) is 41.5. The molecule has 3 nitrogen and oxygen atoms in total. The molecule has 0 radical (unpaired) electrons. The summed E-state index contributed by atoms with van der Waals surface area (Å²) in [5.74, 6) is 0.818. The minimum Gasteiger partial charge on any atom is -0.387 e. The third kappa shape index (κ3) is 2.22. The molecule has 0 bridgehead atoms. The average molecular weight is 184 g/mol. The van der Waals surface area contributed by atoms with Gasteiger partial charge < -0.3 is 15.3 Å². The van der Waals surface area contributed by atoms with Crippen molar-refractivity contribution in [3.8, 4) is 0 Å². The Morgan fingerprint density at radius 3 is 3.00 bits per heavy atom. The first-order valence-corrected chi connectivity index (χ1v) is 5.33. The second-order valence-electron chi connectivity index (χ2n) is 4.78. The van der Waals surface area contributed by atoms with Gasteiger partial charge in [0.15, 0.2) is 0 Å². The molecule has 2 heterocycles. The summed E-state index contributed by atoms with van der Waals surface area (Å²) in [6, 6.07) is 0. The molecule has 0 amide bonds. The molecule has 76 valence electrons. The first kappa shape index (κ1) is 9.44. The minimum absolute atomic E-state index is 0.440. The van der Waals surface area contributed by atoms with E-state index in [0.29, 0.717) is 0 Å². The quantitative estimate of drug-likeness (QED) is 0.636. The van der Waals surface area contributed by atoms with Crippen molar-refractivity contribution in [1.82, 2.24) is 10.2 Å². The Morgan fingerprint density at radius 1 is 1.62 bits per heavy atom. The summed E-state index contributed by atoms with van der Waals surface area (Å²) in [7, 11) is 0. The fraction of sp³-hybridized carbons (Fsp3) is 1.00. The van der Waals surface area contributed by atoms with E-state index in [9.17, 15) is 5.11 Å². The molecule has 0 saturated carbocycles. The molecule has 2 fully saturated rings. The standard InChI is InChI=1S/C10H20N2O/c1-9-2-5-12(6-9)8-10(13)3-4-11-7-10/h9,11,13H,2-8H2,1H3. The van der Waals surface area contributed by atoms with Crippen molar-refractivity contribution in [2.75, 3.05) is 32.7 Å². The van der Waals surface area contributed by atoms with Crippen molar-refractivity contribution in [3.63, 3.8) is 0 Å². The molecule has 0 aromatic rings. The monoisotopic (exact) mass is 184 g/mol. The van der Waals surface area contributed by atoms with Gasteiger partial charge in [-0.3, -0.25) is 0 Å². The summed E-state index contributed by atoms with van der Waals surface area (Å²) < 4.78 is 0. The summed E-state index contributed by atoms with van der Waals surface area (Å²) in [5.41, 5.74) is -0.440. The Balaban J connectivity index is 1.83. The maximum Gasteiger partial charge on any atom is 0.0909 e. The van der Waals surface area contributed by atoms with Gasteiger partial charge in [-0.05, 0) is 31.8 Å². The Kier molecular flexibility index (Phi) is 2.58. The number of nitrogens with one attached hydrogen (secondary N) is 1. The Morgan fingerprint density at radius 2 is 2.46 bits per heavy atom. The fourth-order valence-electron chi connectivity index (χ4n) is 2.45. The van der Waals surface area contributed by atoms with Gasteiger partial charge in [-0.2, -0.15) is 0 Å². The van der Waals surface area contributed by atoms with Crippen LogP contribution in [0.15, 0.2) is 0 Å². The van der Waals surface area contributed by atoms with Gasteiger partial charge in [0.1, 0.15) is 0 Å². The van der Waals surface area contributed by atoms with Crippen LogP contribution in [0.4, 0.5) is 0 Å². The SMILES string of the molecule is CC1CCN(CC2(O)CCNC2)C1. The predicted octanol–water partition coefficient (Wildman–Crippen LogP) is 0.0526. The molecular formula is C10H20N2O. The zero-order valence-electron chi connectivity index (χ0n) is 8.42. The smallest absolute Gasteiger partial charge is 0.0909 e. The molecule has 13 heavy (non-hydrogen) atoms. The van der Waals surface area contributed by atoms with Crippen molar-refractivity contribution >= 4 is 0 Å². The van der Waals surface area contributed by atoms with Crippen molar-refractivity contribution < 1.29 is 5.11 Å². The van der Waals surface area contributed by atoms with Gasteiger partial charge in [-0.15, -0.1) is 0 Å². The highest BCUT2D eigenvalue weighted by molar-refractivity contribution is 4.91. The first-order valence-electron chi connectivity index (χ1n) is 5.33. The predicted molar refractivity (Wildman–Crippen MR) is 52.7 cm³/mol. The van der Waals surface area contributed by atoms with E-state index in [0.717, 1.165) is 32.0 Å². The highest BCUT2D eigenvalue weighted by Crippen LogP contribution is 2.21. The lowest BCUT2D eigenvalue weighted by molar-refractivity contribution is 0.0269. The van der Waals surface area contributed by atoms with Crippen LogP contribution >= 0.6 is 0 Å². The number of rotatable bonds is 2. The van der Waals surface area contributed by atoms with Crippen molar-refractivity contribution in [2.24, 2.45) is 5.92 Å². The second-order valence-corrected chi connectivity index (χ2v) is 4.78. The summed E-state index contributed by atoms with van der Waals surface area (Å²) in [6.45, 7) is 7.24. The van der Waals surface area contributed by atoms with E-state index in [-0.39, 0.29) is 0 Å². The van der Waals surface area contributed by atoms with E-state index >= 15 is 0 Å². The maximum atomic E-state index is 10.1. The number of β-amino-alcohol motifs (C(OH)–C–C–N with tert-alkyl or cyclic N) is 1. The van der Waals surface area contributed by atoms with Crippen LogP contribution in [0.1, 0.15) is 19.8 Å². The largest absolute Gasteiger partial charge is 0.387 e.